The molecule has 0 aliphatic heterocycles. The van der Waals surface area contributed by atoms with Gasteiger partial charge in [0.1, 0.15) is 11.6 Å². The minimum Gasteiger partial charge on any atom is -0.207 e. The summed E-state index contributed by atoms with van der Waals surface area (Å²) in [5.41, 5.74) is 4.34. The van der Waals surface area contributed by atoms with Crippen LogP contribution in [0.2, 0.25) is 0 Å². The predicted molar refractivity (Wildman–Crippen MR) is 109 cm³/mol. The fourth-order valence-corrected chi connectivity index (χ4v) is 3.52. The average Bonchev–Trinajstić information content (AvgIpc) is 2.69. The van der Waals surface area contributed by atoms with E-state index < -0.39 is 0 Å². The zero-order valence-corrected chi connectivity index (χ0v) is 15.2. The topological polar surface area (TPSA) is 0 Å². The highest BCUT2D eigenvalue weighted by Gasteiger charge is 2.10. The van der Waals surface area contributed by atoms with Gasteiger partial charge in [-0.1, -0.05) is 80.1 Å². The Labute approximate surface area is 158 Å². The summed E-state index contributed by atoms with van der Waals surface area (Å²) < 4.78 is 28.5. The summed E-state index contributed by atoms with van der Waals surface area (Å²) in [7, 11) is 0. The normalized spacial score (nSPS) is 11.1. The second kappa shape index (κ2) is 7.32. The molecule has 0 heterocycles. The third-order valence-electron chi connectivity index (χ3n) is 4.91. The third-order valence-corrected chi connectivity index (χ3v) is 4.91. The van der Waals surface area contributed by atoms with Gasteiger partial charge in [0.2, 0.25) is 0 Å². The van der Waals surface area contributed by atoms with Gasteiger partial charge in [0.15, 0.2) is 0 Å². The summed E-state index contributed by atoms with van der Waals surface area (Å²) >= 11 is 0. The Kier molecular flexibility index (Phi) is 4.72. The Hall–Kier alpha value is -3.00. The summed E-state index contributed by atoms with van der Waals surface area (Å²) in [6.45, 7) is 2.14. The molecule has 0 fully saturated rings. The van der Waals surface area contributed by atoms with E-state index in [1.54, 1.807) is 6.07 Å². The number of halogens is 2. The van der Waals surface area contributed by atoms with Crippen molar-refractivity contribution in [1.29, 1.82) is 0 Å². The number of hydrogen-bond acceptors (Lipinski definition) is 0. The Morgan fingerprint density at radius 3 is 2.22 bits per heavy atom. The van der Waals surface area contributed by atoms with Gasteiger partial charge in [-0.25, -0.2) is 8.78 Å². The maximum Gasteiger partial charge on any atom is 0.138 e. The molecule has 0 amide bonds. The van der Waals surface area contributed by atoms with Crippen LogP contribution in [0, 0.1) is 11.6 Å². The molecule has 4 aromatic carbocycles. The monoisotopic (exact) mass is 358 g/mol. The first-order valence-corrected chi connectivity index (χ1v) is 9.23. The van der Waals surface area contributed by atoms with Crippen LogP contribution in [-0.2, 0) is 6.42 Å². The molecular formula is C25H20F2. The van der Waals surface area contributed by atoms with Crippen LogP contribution in [0.5, 0.6) is 0 Å². The molecule has 0 aromatic heterocycles. The summed E-state index contributed by atoms with van der Waals surface area (Å²) in [6.07, 6.45) is 2.07. The first-order valence-electron chi connectivity index (χ1n) is 9.23. The van der Waals surface area contributed by atoms with Gasteiger partial charge in [-0.15, -0.1) is 0 Å². The Morgan fingerprint density at radius 1 is 0.704 bits per heavy atom. The minimum atomic E-state index is -0.264. The second-order valence-electron chi connectivity index (χ2n) is 6.82. The first-order chi connectivity index (χ1) is 13.2. The largest absolute Gasteiger partial charge is 0.207 e. The van der Waals surface area contributed by atoms with E-state index in [-0.39, 0.29) is 11.6 Å². The molecule has 4 rings (SSSR count). The summed E-state index contributed by atoms with van der Waals surface area (Å²) in [4.78, 5) is 0. The van der Waals surface area contributed by atoms with Crippen LogP contribution >= 0.6 is 0 Å². The van der Waals surface area contributed by atoms with Crippen molar-refractivity contribution >= 4 is 10.8 Å². The van der Waals surface area contributed by atoms with Crippen LogP contribution in [0.25, 0.3) is 33.0 Å². The van der Waals surface area contributed by atoms with Gasteiger partial charge >= 0.3 is 0 Å². The van der Waals surface area contributed by atoms with Crippen molar-refractivity contribution in [2.45, 2.75) is 19.8 Å². The standard InChI is InChI=1S/C25H20F2/c1-2-4-17-7-13-24-21(15-17)12-14-23(25(24)27)19-10-8-18(9-11-19)20-5-3-6-22(26)16-20/h3,5-16H,2,4H2,1H3. The summed E-state index contributed by atoms with van der Waals surface area (Å²) in [6, 6.07) is 23.8. The van der Waals surface area contributed by atoms with Gasteiger partial charge in [-0.2, -0.15) is 0 Å². The average molecular weight is 358 g/mol. The van der Waals surface area contributed by atoms with E-state index in [1.165, 1.54) is 17.7 Å². The number of hydrogen-bond donors (Lipinski definition) is 0. The van der Waals surface area contributed by atoms with E-state index in [9.17, 15) is 4.39 Å². The molecule has 0 bridgehead atoms. The molecule has 134 valence electrons. The smallest absolute Gasteiger partial charge is 0.138 e. The lowest BCUT2D eigenvalue weighted by Gasteiger charge is -2.10. The van der Waals surface area contributed by atoms with E-state index in [1.807, 2.05) is 54.6 Å². The molecule has 0 saturated carbocycles. The molecule has 4 aromatic rings. The van der Waals surface area contributed by atoms with Crippen molar-refractivity contribution in [2.75, 3.05) is 0 Å². The third kappa shape index (κ3) is 3.48. The highest BCUT2D eigenvalue weighted by molar-refractivity contribution is 5.89. The lowest BCUT2D eigenvalue weighted by Crippen LogP contribution is -1.90. The molecule has 27 heavy (non-hydrogen) atoms. The molecule has 0 nitrogen and oxygen atoms in total. The van der Waals surface area contributed by atoms with E-state index >= 15 is 4.39 Å². The Balaban J connectivity index is 1.71. The van der Waals surface area contributed by atoms with Crippen molar-refractivity contribution < 1.29 is 8.78 Å². The Morgan fingerprint density at radius 2 is 1.48 bits per heavy atom. The van der Waals surface area contributed by atoms with E-state index in [0.29, 0.717) is 10.9 Å². The van der Waals surface area contributed by atoms with Gasteiger partial charge in [-0.3, -0.25) is 0 Å². The van der Waals surface area contributed by atoms with Crippen LogP contribution in [0.4, 0.5) is 8.78 Å². The lowest BCUT2D eigenvalue weighted by molar-refractivity contribution is 0.628. The van der Waals surface area contributed by atoms with Crippen molar-refractivity contribution in [2.24, 2.45) is 0 Å². The summed E-state index contributed by atoms with van der Waals surface area (Å²) in [5.74, 6) is -0.464. The van der Waals surface area contributed by atoms with Gasteiger partial charge in [-0.05, 0) is 46.2 Å². The summed E-state index contributed by atoms with van der Waals surface area (Å²) in [5, 5.41) is 1.57. The molecule has 0 aliphatic carbocycles. The van der Waals surface area contributed by atoms with Crippen LogP contribution in [0.1, 0.15) is 18.9 Å². The van der Waals surface area contributed by atoms with Gasteiger partial charge < -0.3 is 0 Å². The zero-order valence-electron chi connectivity index (χ0n) is 15.2. The molecule has 0 spiro atoms. The quantitative estimate of drug-likeness (QED) is 0.356. The number of fused-ring (bicyclic) bond motifs is 1. The van der Waals surface area contributed by atoms with E-state index in [4.69, 9.17) is 0 Å². The van der Waals surface area contributed by atoms with E-state index in [0.717, 1.165) is 34.9 Å². The fourth-order valence-electron chi connectivity index (χ4n) is 3.52. The SMILES string of the molecule is CCCc1ccc2c(F)c(-c3ccc(-c4cccc(F)c4)cc3)ccc2c1. The maximum atomic E-state index is 15.1. The zero-order chi connectivity index (χ0) is 18.8. The van der Waals surface area contributed by atoms with Gasteiger partial charge in [0.05, 0.1) is 0 Å². The fraction of sp³-hybridized carbons (Fsp3) is 0.120. The number of benzene rings is 4. The Bertz CT molecular complexity index is 1100. The van der Waals surface area contributed by atoms with Crippen molar-refractivity contribution in [3.05, 3.63) is 96.1 Å². The molecular weight excluding hydrogens is 338 g/mol. The highest BCUT2D eigenvalue weighted by atomic mass is 19.1. The van der Waals surface area contributed by atoms with Crippen LogP contribution in [-0.4, -0.2) is 0 Å². The molecule has 0 radical (unpaired) electrons. The highest BCUT2D eigenvalue weighted by Crippen LogP contribution is 2.31. The van der Waals surface area contributed by atoms with Crippen LogP contribution in [0.3, 0.4) is 0 Å². The maximum absolute atomic E-state index is 15.1. The molecule has 0 unspecified atom stereocenters. The van der Waals surface area contributed by atoms with E-state index in [2.05, 4.69) is 13.0 Å². The molecule has 2 heteroatoms. The number of rotatable bonds is 4. The lowest BCUT2D eigenvalue weighted by atomic mass is 9.96. The first kappa shape index (κ1) is 17.4. The molecule has 0 atom stereocenters. The minimum absolute atomic E-state index is 0.200. The van der Waals surface area contributed by atoms with Crippen molar-refractivity contribution in [3.63, 3.8) is 0 Å². The molecule has 0 aliphatic rings. The van der Waals surface area contributed by atoms with Crippen molar-refractivity contribution in [1.82, 2.24) is 0 Å². The second-order valence-corrected chi connectivity index (χ2v) is 6.82. The van der Waals surface area contributed by atoms with Gasteiger partial charge in [0.25, 0.3) is 0 Å². The predicted octanol–water partition coefficient (Wildman–Crippen LogP) is 7.40. The van der Waals surface area contributed by atoms with Crippen LogP contribution < -0.4 is 0 Å². The molecule has 0 saturated heterocycles. The van der Waals surface area contributed by atoms with Gasteiger partial charge in [0, 0.05) is 10.9 Å². The molecule has 0 N–H and O–H groups in total. The van der Waals surface area contributed by atoms with Crippen LogP contribution in [0.15, 0.2) is 78.9 Å². The number of aryl methyl sites for hydroxylation is 1. The van der Waals surface area contributed by atoms with Crippen molar-refractivity contribution in [3.8, 4) is 22.3 Å².